The van der Waals surface area contributed by atoms with E-state index in [2.05, 4.69) is 41.1 Å². The van der Waals surface area contributed by atoms with E-state index in [1.54, 1.807) is 6.21 Å². The number of rotatable bonds is 8. The summed E-state index contributed by atoms with van der Waals surface area (Å²) in [6.07, 6.45) is 3.60. The van der Waals surface area contributed by atoms with E-state index in [0.29, 0.717) is 18.4 Å². The van der Waals surface area contributed by atoms with Crippen LogP contribution >= 0.6 is 0 Å². The van der Waals surface area contributed by atoms with E-state index in [1.165, 1.54) is 0 Å². The highest BCUT2D eigenvalue weighted by molar-refractivity contribution is 5.99. The number of H-pyrrole nitrogens is 1. The van der Waals surface area contributed by atoms with Gasteiger partial charge < -0.3 is 20.7 Å². The number of hydrazone groups is 1. The standard InChI is InChI=1S/C21H22N8O/c1-14-6-8-16(9-7-14)25-20-26-19(22-10-11-30)27-21(28-20)29-24-13-15-12-23-18-5-3-2-4-17(15)18/h2-9,12-13,23,30H,10-11H2,1H3,(H3,22,25,26,27,28,29)/b24-13-. The average Bonchev–Trinajstić information content (AvgIpc) is 3.17. The Morgan fingerprint density at radius 2 is 1.77 bits per heavy atom. The lowest BCUT2D eigenvalue weighted by Gasteiger charge is -2.09. The van der Waals surface area contributed by atoms with Gasteiger partial charge in [0.25, 0.3) is 0 Å². The number of aliphatic hydroxyl groups excluding tert-OH is 1. The van der Waals surface area contributed by atoms with Gasteiger partial charge >= 0.3 is 0 Å². The summed E-state index contributed by atoms with van der Waals surface area (Å²) >= 11 is 0. The number of fused-ring (bicyclic) bond motifs is 1. The fourth-order valence-corrected chi connectivity index (χ4v) is 2.85. The van der Waals surface area contributed by atoms with Crippen molar-refractivity contribution in [2.75, 3.05) is 29.2 Å². The number of para-hydroxylation sites is 1. The highest BCUT2D eigenvalue weighted by Crippen LogP contribution is 2.17. The van der Waals surface area contributed by atoms with Gasteiger partial charge in [-0.25, -0.2) is 5.43 Å². The lowest BCUT2D eigenvalue weighted by atomic mass is 10.2. The Balaban J connectivity index is 1.54. The molecule has 0 atom stereocenters. The minimum Gasteiger partial charge on any atom is -0.395 e. The molecule has 0 radical (unpaired) electrons. The molecule has 0 aliphatic carbocycles. The van der Waals surface area contributed by atoms with Crippen molar-refractivity contribution in [3.05, 3.63) is 65.9 Å². The molecule has 30 heavy (non-hydrogen) atoms. The van der Waals surface area contributed by atoms with Crippen LogP contribution in [-0.2, 0) is 0 Å². The summed E-state index contributed by atoms with van der Waals surface area (Å²) in [4.78, 5) is 16.2. The molecular formula is C21H22N8O. The van der Waals surface area contributed by atoms with E-state index in [-0.39, 0.29) is 12.6 Å². The lowest BCUT2D eigenvalue weighted by Crippen LogP contribution is -2.12. The summed E-state index contributed by atoms with van der Waals surface area (Å²) in [5.41, 5.74) is 6.86. The van der Waals surface area contributed by atoms with Crippen LogP contribution in [0.5, 0.6) is 0 Å². The number of nitrogens with one attached hydrogen (secondary N) is 4. The molecule has 0 saturated heterocycles. The third-order valence-electron chi connectivity index (χ3n) is 4.33. The third-order valence-corrected chi connectivity index (χ3v) is 4.33. The number of hydrogen-bond donors (Lipinski definition) is 5. The highest BCUT2D eigenvalue weighted by atomic mass is 16.3. The monoisotopic (exact) mass is 402 g/mol. The van der Waals surface area contributed by atoms with Crippen LogP contribution < -0.4 is 16.1 Å². The van der Waals surface area contributed by atoms with Gasteiger partial charge in [-0.15, -0.1) is 0 Å². The molecule has 5 N–H and O–H groups in total. The maximum atomic E-state index is 9.07. The van der Waals surface area contributed by atoms with Gasteiger partial charge in [-0.2, -0.15) is 20.1 Å². The number of aromatic nitrogens is 4. The molecule has 0 spiro atoms. The van der Waals surface area contributed by atoms with Crippen LogP contribution in [-0.4, -0.2) is 44.4 Å². The fourth-order valence-electron chi connectivity index (χ4n) is 2.85. The number of nitrogens with zero attached hydrogens (tertiary/aromatic N) is 4. The van der Waals surface area contributed by atoms with Crippen LogP contribution in [0.4, 0.5) is 23.5 Å². The molecule has 0 aliphatic heterocycles. The first-order valence-corrected chi connectivity index (χ1v) is 9.51. The molecule has 0 bridgehead atoms. The minimum atomic E-state index is -0.0338. The van der Waals surface area contributed by atoms with Gasteiger partial charge in [-0.05, 0) is 25.1 Å². The normalized spacial score (nSPS) is 11.1. The maximum Gasteiger partial charge on any atom is 0.250 e. The molecule has 0 unspecified atom stereocenters. The highest BCUT2D eigenvalue weighted by Gasteiger charge is 2.07. The molecule has 0 fully saturated rings. The first kappa shape index (κ1) is 19.3. The molecule has 0 aliphatic rings. The Morgan fingerprint density at radius 1 is 1.00 bits per heavy atom. The topological polar surface area (TPSA) is 123 Å². The molecule has 152 valence electrons. The average molecular weight is 402 g/mol. The third kappa shape index (κ3) is 4.70. The van der Waals surface area contributed by atoms with Crippen molar-refractivity contribution in [3.63, 3.8) is 0 Å². The van der Waals surface area contributed by atoms with Crippen molar-refractivity contribution in [2.24, 2.45) is 5.10 Å². The number of aryl methyl sites for hydroxylation is 1. The van der Waals surface area contributed by atoms with Crippen molar-refractivity contribution in [1.82, 2.24) is 19.9 Å². The zero-order valence-electron chi connectivity index (χ0n) is 16.4. The summed E-state index contributed by atoms with van der Waals surface area (Å²) < 4.78 is 0. The largest absolute Gasteiger partial charge is 0.395 e. The second-order valence-corrected chi connectivity index (χ2v) is 6.61. The van der Waals surface area contributed by atoms with Gasteiger partial charge in [0.1, 0.15) is 0 Å². The Morgan fingerprint density at radius 3 is 2.60 bits per heavy atom. The number of anilines is 4. The first-order valence-electron chi connectivity index (χ1n) is 9.51. The van der Waals surface area contributed by atoms with Crippen LogP contribution in [0.1, 0.15) is 11.1 Å². The summed E-state index contributed by atoms with van der Waals surface area (Å²) in [6, 6.07) is 15.9. The van der Waals surface area contributed by atoms with Crippen molar-refractivity contribution in [3.8, 4) is 0 Å². The smallest absolute Gasteiger partial charge is 0.250 e. The number of benzene rings is 2. The van der Waals surface area contributed by atoms with Gasteiger partial charge in [0.15, 0.2) is 0 Å². The lowest BCUT2D eigenvalue weighted by molar-refractivity contribution is 0.311. The molecule has 0 amide bonds. The van der Waals surface area contributed by atoms with Gasteiger partial charge in [-0.3, -0.25) is 0 Å². The van der Waals surface area contributed by atoms with Gasteiger partial charge in [0, 0.05) is 34.9 Å². The first-order chi connectivity index (χ1) is 14.7. The van der Waals surface area contributed by atoms with Crippen LogP contribution in [0.15, 0.2) is 59.8 Å². The van der Waals surface area contributed by atoms with Gasteiger partial charge in [0.05, 0.1) is 12.8 Å². The second-order valence-electron chi connectivity index (χ2n) is 6.61. The van der Waals surface area contributed by atoms with E-state index in [9.17, 15) is 0 Å². The Kier molecular flexibility index (Phi) is 5.81. The van der Waals surface area contributed by atoms with Crippen LogP contribution in [0.2, 0.25) is 0 Å². The van der Waals surface area contributed by atoms with E-state index >= 15 is 0 Å². The summed E-state index contributed by atoms with van der Waals surface area (Å²) in [5.74, 6) is 0.966. The Bertz CT molecular complexity index is 1150. The van der Waals surface area contributed by atoms with Crippen molar-refractivity contribution < 1.29 is 5.11 Å². The molecule has 9 nitrogen and oxygen atoms in total. The van der Waals surface area contributed by atoms with E-state index in [4.69, 9.17) is 5.11 Å². The Hall–Kier alpha value is -3.98. The van der Waals surface area contributed by atoms with Crippen molar-refractivity contribution in [2.45, 2.75) is 6.92 Å². The minimum absolute atomic E-state index is 0.0338. The summed E-state index contributed by atoms with van der Waals surface area (Å²) in [6.45, 7) is 2.32. The molecule has 2 aromatic heterocycles. The molecule has 4 rings (SSSR count). The summed E-state index contributed by atoms with van der Waals surface area (Å²) in [7, 11) is 0. The predicted molar refractivity (Wildman–Crippen MR) is 119 cm³/mol. The van der Waals surface area contributed by atoms with Gasteiger partial charge in [0.2, 0.25) is 17.8 Å². The van der Waals surface area contributed by atoms with Crippen LogP contribution in [0, 0.1) is 6.92 Å². The Labute approximate surface area is 173 Å². The van der Waals surface area contributed by atoms with Crippen LogP contribution in [0.25, 0.3) is 10.9 Å². The maximum absolute atomic E-state index is 9.07. The van der Waals surface area contributed by atoms with Crippen LogP contribution in [0.3, 0.4) is 0 Å². The molecule has 9 heteroatoms. The molecule has 2 aromatic carbocycles. The zero-order valence-corrected chi connectivity index (χ0v) is 16.4. The number of aromatic amines is 1. The number of aliphatic hydroxyl groups is 1. The molecular weight excluding hydrogens is 380 g/mol. The SMILES string of the molecule is Cc1ccc(Nc2nc(NCCO)nc(N/N=C\c3c[nH]c4ccccc34)n2)cc1. The fraction of sp³-hybridized carbons (Fsp3) is 0.143. The quantitative estimate of drug-likeness (QED) is 0.226. The predicted octanol–water partition coefficient (Wildman–Crippen LogP) is 3.26. The van der Waals surface area contributed by atoms with Gasteiger partial charge in [-0.1, -0.05) is 35.9 Å². The molecule has 2 heterocycles. The van der Waals surface area contributed by atoms with E-state index in [0.717, 1.165) is 27.7 Å². The van der Waals surface area contributed by atoms with E-state index in [1.807, 2.05) is 61.7 Å². The molecule has 0 saturated carbocycles. The molecule has 4 aromatic rings. The van der Waals surface area contributed by atoms with E-state index < -0.39 is 0 Å². The number of hydrogen-bond acceptors (Lipinski definition) is 8. The van der Waals surface area contributed by atoms with Crippen molar-refractivity contribution >= 4 is 40.6 Å². The zero-order chi connectivity index (χ0) is 20.8. The second kappa shape index (κ2) is 9.01. The summed E-state index contributed by atoms with van der Waals surface area (Å²) in [5, 5.41) is 20.5. The van der Waals surface area contributed by atoms with Crippen molar-refractivity contribution in [1.29, 1.82) is 0 Å².